The van der Waals surface area contributed by atoms with E-state index in [9.17, 15) is 3.10 Å². The van der Waals surface area contributed by atoms with Gasteiger partial charge in [-0.3, -0.25) is 0 Å². The average Bonchev–Trinajstić information content (AvgIpc) is 2.34. The van der Waals surface area contributed by atoms with Gasteiger partial charge in [0.05, 0.1) is 0 Å². The topological polar surface area (TPSA) is 26.3 Å². The summed E-state index contributed by atoms with van der Waals surface area (Å²) in [6.07, 6.45) is 0. The molecule has 0 bridgehead atoms. The van der Waals surface area contributed by atoms with Gasteiger partial charge in [0.1, 0.15) is 0 Å². The standard InChI is InChI=1S/C7H6O2Te/c8-10-7-4-2-1-3-6(7)5-9-10/h1-4H,5H2. The fraction of sp³-hybridized carbons (Fsp3) is 0.143. The Hall–Kier alpha value is -0.230. The summed E-state index contributed by atoms with van der Waals surface area (Å²) in [6, 6.07) is 7.71. The molecule has 1 aliphatic heterocycles. The quantitative estimate of drug-likeness (QED) is 0.620. The molecule has 0 fully saturated rings. The molecule has 0 N–H and O–H groups in total. The van der Waals surface area contributed by atoms with Crippen molar-refractivity contribution in [2.24, 2.45) is 0 Å². The number of benzene rings is 1. The molecule has 0 saturated carbocycles. The van der Waals surface area contributed by atoms with Crippen molar-refractivity contribution in [2.45, 2.75) is 6.61 Å². The molecule has 0 radical (unpaired) electrons. The van der Waals surface area contributed by atoms with E-state index >= 15 is 0 Å². The van der Waals surface area contributed by atoms with E-state index in [2.05, 4.69) is 0 Å². The van der Waals surface area contributed by atoms with Gasteiger partial charge in [0.2, 0.25) is 0 Å². The molecule has 0 aromatic heterocycles. The molecule has 52 valence electrons. The van der Waals surface area contributed by atoms with E-state index in [1.165, 1.54) is 0 Å². The van der Waals surface area contributed by atoms with Crippen molar-refractivity contribution in [3.8, 4) is 0 Å². The van der Waals surface area contributed by atoms with Gasteiger partial charge in [-0.25, -0.2) is 0 Å². The molecule has 0 unspecified atom stereocenters. The van der Waals surface area contributed by atoms with Gasteiger partial charge < -0.3 is 0 Å². The average molecular weight is 250 g/mol. The minimum atomic E-state index is -2.48. The molecule has 1 aromatic carbocycles. The Bertz CT molecular complexity index is 283. The molecule has 3 heteroatoms. The van der Waals surface area contributed by atoms with E-state index in [1.54, 1.807) is 0 Å². The van der Waals surface area contributed by atoms with Gasteiger partial charge in [0.15, 0.2) is 0 Å². The van der Waals surface area contributed by atoms with Crippen LogP contribution in [0.4, 0.5) is 0 Å². The molecule has 0 saturated heterocycles. The molecular formula is C7H6O2Te. The SMILES string of the molecule is O=[Te]1OCc2ccccc21. The van der Waals surface area contributed by atoms with Crippen LogP contribution in [0.3, 0.4) is 0 Å². The van der Waals surface area contributed by atoms with Crippen molar-refractivity contribution in [3.05, 3.63) is 29.8 Å². The zero-order valence-corrected chi connectivity index (χ0v) is 7.57. The van der Waals surface area contributed by atoms with Crippen LogP contribution in [-0.4, -0.2) is 19.9 Å². The third kappa shape index (κ3) is 0.911. The summed E-state index contributed by atoms with van der Waals surface area (Å²) >= 11 is -2.48. The first kappa shape index (κ1) is 6.48. The third-order valence-electron chi connectivity index (χ3n) is 1.47. The van der Waals surface area contributed by atoms with E-state index in [4.69, 9.17) is 3.10 Å². The number of fused-ring (bicyclic) bond motifs is 1. The zero-order valence-electron chi connectivity index (χ0n) is 5.24. The Morgan fingerprint density at radius 1 is 1.40 bits per heavy atom. The van der Waals surface area contributed by atoms with Gasteiger partial charge in [0.25, 0.3) is 0 Å². The van der Waals surface area contributed by atoms with Gasteiger partial charge in [-0.2, -0.15) is 0 Å². The summed E-state index contributed by atoms with van der Waals surface area (Å²) in [7, 11) is 0. The predicted molar refractivity (Wildman–Crippen MR) is 37.3 cm³/mol. The normalized spacial score (nSPS) is 17.2. The van der Waals surface area contributed by atoms with Crippen LogP contribution in [0.2, 0.25) is 0 Å². The second-order valence-electron chi connectivity index (χ2n) is 2.10. The molecule has 0 atom stereocenters. The van der Waals surface area contributed by atoms with E-state index in [0.29, 0.717) is 6.61 Å². The molecule has 2 nitrogen and oxygen atoms in total. The summed E-state index contributed by atoms with van der Waals surface area (Å²) in [6.45, 7) is 0.552. The Balaban J connectivity index is 2.61. The van der Waals surface area contributed by atoms with Crippen molar-refractivity contribution in [1.29, 1.82) is 0 Å². The summed E-state index contributed by atoms with van der Waals surface area (Å²) < 4.78 is 17.1. The maximum absolute atomic E-state index is 11.1. The predicted octanol–water partition coefficient (Wildman–Crippen LogP) is 0.342. The molecular weight excluding hydrogens is 244 g/mol. The van der Waals surface area contributed by atoms with Crippen LogP contribution in [0, 0.1) is 0 Å². The van der Waals surface area contributed by atoms with E-state index in [-0.39, 0.29) is 0 Å². The van der Waals surface area contributed by atoms with Crippen molar-refractivity contribution in [2.75, 3.05) is 0 Å². The number of hydrogen-bond donors (Lipinski definition) is 0. The van der Waals surface area contributed by atoms with Crippen LogP contribution in [-0.2, 0) is 12.8 Å². The summed E-state index contributed by atoms with van der Waals surface area (Å²) in [5.41, 5.74) is 1.11. The molecule has 0 amide bonds. The van der Waals surface area contributed by atoms with E-state index in [1.807, 2.05) is 24.3 Å². The van der Waals surface area contributed by atoms with Gasteiger partial charge in [-0.1, -0.05) is 0 Å². The van der Waals surface area contributed by atoms with Crippen molar-refractivity contribution in [3.63, 3.8) is 0 Å². The first-order valence-corrected chi connectivity index (χ1v) is 6.07. The van der Waals surface area contributed by atoms with Crippen LogP contribution in [0.1, 0.15) is 5.56 Å². The first-order chi connectivity index (χ1) is 4.88. The fourth-order valence-corrected chi connectivity index (χ4v) is 3.51. The van der Waals surface area contributed by atoms with Crippen LogP contribution in [0.5, 0.6) is 0 Å². The van der Waals surface area contributed by atoms with Gasteiger partial charge in [-0.05, 0) is 0 Å². The fourth-order valence-electron chi connectivity index (χ4n) is 0.966. The van der Waals surface area contributed by atoms with E-state index < -0.39 is 19.9 Å². The van der Waals surface area contributed by atoms with Crippen LogP contribution in [0.25, 0.3) is 0 Å². The Kier molecular flexibility index (Phi) is 1.57. The van der Waals surface area contributed by atoms with E-state index in [0.717, 1.165) is 9.17 Å². The first-order valence-electron chi connectivity index (χ1n) is 3.01. The molecule has 10 heavy (non-hydrogen) atoms. The zero-order chi connectivity index (χ0) is 6.97. The van der Waals surface area contributed by atoms with Crippen LogP contribution in [0.15, 0.2) is 24.3 Å². The Labute approximate surface area is 66.4 Å². The third-order valence-corrected chi connectivity index (χ3v) is 4.58. The molecule has 1 aromatic rings. The van der Waals surface area contributed by atoms with Gasteiger partial charge in [-0.15, -0.1) is 0 Å². The molecule has 2 rings (SSSR count). The molecule has 0 aliphatic carbocycles. The minimum absolute atomic E-state index is 0.552. The molecule has 1 aliphatic rings. The summed E-state index contributed by atoms with van der Waals surface area (Å²) in [4.78, 5) is 0. The van der Waals surface area contributed by atoms with Crippen molar-refractivity contribution < 1.29 is 6.21 Å². The Morgan fingerprint density at radius 3 is 3.00 bits per heavy atom. The molecule has 0 spiro atoms. The summed E-state index contributed by atoms with van der Waals surface area (Å²) in [5.74, 6) is 0. The number of hydrogen-bond acceptors (Lipinski definition) is 2. The Morgan fingerprint density at radius 2 is 2.20 bits per heavy atom. The second-order valence-corrected chi connectivity index (χ2v) is 5.37. The van der Waals surface area contributed by atoms with Crippen LogP contribution < -0.4 is 3.61 Å². The monoisotopic (exact) mass is 252 g/mol. The van der Waals surface area contributed by atoms with Crippen molar-refractivity contribution in [1.82, 2.24) is 0 Å². The second kappa shape index (κ2) is 2.43. The van der Waals surface area contributed by atoms with Gasteiger partial charge >= 0.3 is 66.2 Å². The van der Waals surface area contributed by atoms with Crippen LogP contribution >= 0.6 is 0 Å². The number of rotatable bonds is 0. The summed E-state index contributed by atoms with van der Waals surface area (Å²) in [5, 5.41) is 0. The maximum atomic E-state index is 11.1. The van der Waals surface area contributed by atoms with Crippen molar-refractivity contribution >= 4 is 23.6 Å². The molecule has 1 heterocycles. The van der Waals surface area contributed by atoms with Gasteiger partial charge in [0, 0.05) is 0 Å².